The van der Waals surface area contributed by atoms with E-state index in [0.717, 1.165) is 15.8 Å². The Kier molecular flexibility index (Phi) is 3.87. The molecule has 1 heterocycles. The molecule has 98 valence electrons. The molecule has 19 heavy (non-hydrogen) atoms. The second-order valence-electron chi connectivity index (χ2n) is 4.46. The summed E-state index contributed by atoms with van der Waals surface area (Å²) < 4.78 is 3.07. The summed E-state index contributed by atoms with van der Waals surface area (Å²) in [6, 6.07) is 4.23. The van der Waals surface area contributed by atoms with Crippen LogP contribution in [0, 0.1) is 26.2 Å². The lowest BCUT2D eigenvalue weighted by atomic mass is 10.1. The van der Waals surface area contributed by atoms with Gasteiger partial charge in [-0.15, -0.1) is 6.42 Å². The largest absolute Gasteiger partial charge is 0.304 e. The molecule has 1 aromatic carbocycles. The van der Waals surface area contributed by atoms with E-state index in [0.29, 0.717) is 17.8 Å². The fourth-order valence-corrected chi connectivity index (χ4v) is 3.32. The van der Waals surface area contributed by atoms with E-state index in [-0.39, 0.29) is 5.91 Å². The van der Waals surface area contributed by atoms with Gasteiger partial charge in [0.2, 0.25) is 5.91 Å². The molecule has 0 aliphatic rings. The molecule has 1 amide bonds. The average Bonchev–Trinajstić information content (AvgIpc) is 2.67. The number of terminal acetylenes is 1. The van der Waals surface area contributed by atoms with Crippen LogP contribution in [0.2, 0.25) is 0 Å². The first-order valence-corrected chi connectivity index (χ1v) is 7.00. The predicted molar refractivity (Wildman–Crippen MR) is 79.0 cm³/mol. The molecule has 0 saturated carbocycles. The van der Waals surface area contributed by atoms with Gasteiger partial charge in [0.25, 0.3) is 0 Å². The average molecular weight is 272 g/mol. The fourth-order valence-electron chi connectivity index (χ4n) is 2.10. The number of amides is 1. The SMILES string of the molecule is C#CCn1c(=NC(=O)CC)sc2cc(C)cc(C)c21. The zero-order valence-corrected chi connectivity index (χ0v) is 12.2. The molecule has 3 nitrogen and oxygen atoms in total. The van der Waals surface area contributed by atoms with Gasteiger partial charge in [-0.3, -0.25) is 4.79 Å². The van der Waals surface area contributed by atoms with Gasteiger partial charge in [0, 0.05) is 6.42 Å². The highest BCUT2D eigenvalue weighted by molar-refractivity contribution is 7.16. The smallest absolute Gasteiger partial charge is 0.248 e. The molecular formula is C15H16N2OS. The molecular weight excluding hydrogens is 256 g/mol. The van der Waals surface area contributed by atoms with Gasteiger partial charge in [-0.1, -0.05) is 30.2 Å². The van der Waals surface area contributed by atoms with Crippen LogP contribution in [0.5, 0.6) is 0 Å². The van der Waals surface area contributed by atoms with E-state index in [1.54, 1.807) is 6.92 Å². The van der Waals surface area contributed by atoms with Crippen molar-refractivity contribution in [3.05, 3.63) is 28.1 Å². The third-order valence-corrected chi connectivity index (χ3v) is 3.91. The number of nitrogens with zero attached hydrogens (tertiary/aromatic N) is 2. The van der Waals surface area contributed by atoms with Crippen LogP contribution in [-0.2, 0) is 11.3 Å². The van der Waals surface area contributed by atoms with Gasteiger partial charge >= 0.3 is 0 Å². The van der Waals surface area contributed by atoms with Gasteiger partial charge in [0.1, 0.15) is 0 Å². The summed E-state index contributed by atoms with van der Waals surface area (Å²) >= 11 is 1.52. The third kappa shape index (κ3) is 2.61. The van der Waals surface area contributed by atoms with Crippen LogP contribution < -0.4 is 4.80 Å². The quantitative estimate of drug-likeness (QED) is 0.774. The number of fused-ring (bicyclic) bond motifs is 1. The van der Waals surface area contributed by atoms with E-state index >= 15 is 0 Å². The predicted octanol–water partition coefficient (Wildman–Crippen LogP) is 2.79. The maximum absolute atomic E-state index is 11.5. The molecule has 0 saturated heterocycles. The monoisotopic (exact) mass is 272 g/mol. The zero-order valence-electron chi connectivity index (χ0n) is 11.4. The number of thiazole rings is 1. The molecule has 0 radical (unpaired) electrons. The van der Waals surface area contributed by atoms with Crippen LogP contribution in [0.25, 0.3) is 10.2 Å². The van der Waals surface area contributed by atoms with Gasteiger partial charge < -0.3 is 4.57 Å². The van der Waals surface area contributed by atoms with Crippen molar-refractivity contribution in [2.75, 3.05) is 0 Å². The molecule has 0 unspecified atom stereocenters. The number of benzene rings is 1. The minimum atomic E-state index is -0.119. The van der Waals surface area contributed by atoms with Crippen LogP contribution in [0.3, 0.4) is 0 Å². The van der Waals surface area contributed by atoms with Crippen molar-refractivity contribution in [3.63, 3.8) is 0 Å². The Labute approximate surface area is 116 Å². The van der Waals surface area contributed by atoms with Crippen LogP contribution in [0.4, 0.5) is 0 Å². The summed E-state index contributed by atoms with van der Waals surface area (Å²) in [6.07, 6.45) is 5.84. The Morgan fingerprint density at radius 3 is 2.84 bits per heavy atom. The first kappa shape index (κ1) is 13.6. The lowest BCUT2D eigenvalue weighted by molar-refractivity contribution is -0.117. The van der Waals surface area contributed by atoms with E-state index in [9.17, 15) is 4.79 Å². The van der Waals surface area contributed by atoms with Crippen LogP contribution in [0.1, 0.15) is 24.5 Å². The summed E-state index contributed by atoms with van der Waals surface area (Å²) in [5.41, 5.74) is 3.44. The first-order chi connectivity index (χ1) is 9.06. The Bertz CT molecular complexity index is 744. The van der Waals surface area contributed by atoms with Gasteiger partial charge in [0.15, 0.2) is 4.80 Å². The molecule has 2 aromatic rings. The summed E-state index contributed by atoms with van der Waals surface area (Å²) in [5.74, 6) is 2.52. The molecule has 0 aliphatic carbocycles. The number of carbonyl (C=O) groups excluding carboxylic acids is 1. The summed E-state index contributed by atoms with van der Waals surface area (Å²) in [5, 5.41) is 0. The summed E-state index contributed by atoms with van der Waals surface area (Å²) in [6.45, 7) is 6.35. The number of hydrogen-bond acceptors (Lipinski definition) is 2. The van der Waals surface area contributed by atoms with Gasteiger partial charge in [0.05, 0.1) is 16.8 Å². The Hall–Kier alpha value is -1.86. The van der Waals surface area contributed by atoms with Crippen LogP contribution in [-0.4, -0.2) is 10.5 Å². The second kappa shape index (κ2) is 5.41. The molecule has 0 spiro atoms. The molecule has 0 bridgehead atoms. The number of rotatable bonds is 2. The van der Waals surface area contributed by atoms with Crippen molar-refractivity contribution in [2.45, 2.75) is 33.7 Å². The molecule has 0 aliphatic heterocycles. The highest BCUT2D eigenvalue weighted by atomic mass is 32.1. The lowest BCUT2D eigenvalue weighted by Crippen LogP contribution is -2.16. The topological polar surface area (TPSA) is 34.4 Å². The number of carbonyl (C=O) groups is 1. The van der Waals surface area contributed by atoms with Gasteiger partial charge in [-0.05, 0) is 31.0 Å². The van der Waals surface area contributed by atoms with Crippen molar-refractivity contribution >= 4 is 27.5 Å². The van der Waals surface area contributed by atoms with E-state index in [1.165, 1.54) is 16.9 Å². The normalized spacial score (nSPS) is 11.8. The van der Waals surface area contributed by atoms with E-state index in [4.69, 9.17) is 6.42 Å². The van der Waals surface area contributed by atoms with Crippen molar-refractivity contribution in [3.8, 4) is 12.3 Å². The Morgan fingerprint density at radius 1 is 1.47 bits per heavy atom. The minimum Gasteiger partial charge on any atom is -0.304 e. The maximum atomic E-state index is 11.5. The summed E-state index contributed by atoms with van der Waals surface area (Å²) in [4.78, 5) is 16.4. The molecule has 2 rings (SSSR count). The Morgan fingerprint density at radius 2 is 2.21 bits per heavy atom. The standard InChI is InChI=1S/C15H16N2OS/c1-5-7-17-14-11(4)8-10(3)9-12(14)19-15(17)16-13(18)6-2/h1,8-9H,6-7H2,2-4H3. The highest BCUT2D eigenvalue weighted by Crippen LogP contribution is 2.23. The van der Waals surface area contributed by atoms with Crippen molar-refractivity contribution < 1.29 is 4.79 Å². The van der Waals surface area contributed by atoms with Gasteiger partial charge in [-0.25, -0.2) is 0 Å². The third-order valence-electron chi connectivity index (χ3n) is 2.88. The van der Waals surface area contributed by atoms with Gasteiger partial charge in [-0.2, -0.15) is 4.99 Å². The molecule has 1 aromatic heterocycles. The van der Waals surface area contributed by atoms with E-state index in [1.807, 2.05) is 4.57 Å². The van der Waals surface area contributed by atoms with Crippen LogP contribution in [0.15, 0.2) is 17.1 Å². The van der Waals surface area contributed by atoms with Crippen molar-refractivity contribution in [1.29, 1.82) is 0 Å². The molecule has 0 fully saturated rings. The molecule has 0 atom stereocenters. The highest BCUT2D eigenvalue weighted by Gasteiger charge is 2.09. The first-order valence-electron chi connectivity index (χ1n) is 6.18. The number of aromatic nitrogens is 1. The van der Waals surface area contributed by atoms with E-state index in [2.05, 4.69) is 36.9 Å². The summed E-state index contributed by atoms with van der Waals surface area (Å²) in [7, 11) is 0. The lowest BCUT2D eigenvalue weighted by Gasteiger charge is -2.04. The fraction of sp³-hybridized carbons (Fsp3) is 0.333. The molecule has 0 N–H and O–H groups in total. The maximum Gasteiger partial charge on any atom is 0.248 e. The second-order valence-corrected chi connectivity index (χ2v) is 5.47. The number of aryl methyl sites for hydroxylation is 2. The minimum absolute atomic E-state index is 0.119. The molecule has 4 heteroatoms. The number of hydrogen-bond donors (Lipinski definition) is 0. The van der Waals surface area contributed by atoms with Crippen molar-refractivity contribution in [2.24, 2.45) is 4.99 Å². The van der Waals surface area contributed by atoms with Crippen LogP contribution >= 0.6 is 11.3 Å². The zero-order chi connectivity index (χ0) is 14.0. The van der Waals surface area contributed by atoms with E-state index < -0.39 is 0 Å². The Balaban J connectivity index is 2.82. The van der Waals surface area contributed by atoms with Crippen molar-refractivity contribution in [1.82, 2.24) is 4.57 Å².